The molecule has 1 saturated heterocycles. The van der Waals surface area contributed by atoms with Crippen LogP contribution in [0.1, 0.15) is 22.8 Å². The fraction of sp³-hybridized carbons (Fsp3) is 0.467. The molecule has 0 aromatic heterocycles. The first-order valence-corrected chi connectivity index (χ1v) is 8.14. The molecule has 1 aliphatic heterocycles. The second-order valence-corrected chi connectivity index (χ2v) is 6.44. The van der Waals surface area contributed by atoms with Gasteiger partial charge in [0.25, 0.3) is 0 Å². The van der Waals surface area contributed by atoms with Crippen molar-refractivity contribution in [3.63, 3.8) is 0 Å². The van der Waals surface area contributed by atoms with Gasteiger partial charge in [-0.1, -0.05) is 19.1 Å². The number of carboxylic acids is 1. The lowest BCUT2D eigenvalue weighted by atomic mass is 10.1. The largest absolute Gasteiger partial charge is 0.478 e. The van der Waals surface area contributed by atoms with Crippen LogP contribution in [-0.2, 0) is 6.54 Å². The number of carbonyl (C=O) groups excluding carboxylic acids is 1. The van der Waals surface area contributed by atoms with Gasteiger partial charge in [0.15, 0.2) is 0 Å². The fourth-order valence-electron chi connectivity index (χ4n) is 2.22. The first kappa shape index (κ1) is 15.7. The minimum Gasteiger partial charge on any atom is -0.478 e. The van der Waals surface area contributed by atoms with Gasteiger partial charge in [0.2, 0.25) is 0 Å². The van der Waals surface area contributed by atoms with Crippen LogP contribution in [0.25, 0.3) is 0 Å². The van der Waals surface area contributed by atoms with E-state index < -0.39 is 5.97 Å². The van der Waals surface area contributed by atoms with E-state index in [1.54, 1.807) is 24.3 Å². The summed E-state index contributed by atoms with van der Waals surface area (Å²) in [5.74, 6) is 1.64. The number of rotatable bonds is 3. The van der Waals surface area contributed by atoms with Crippen LogP contribution in [0.2, 0.25) is 0 Å². The van der Waals surface area contributed by atoms with Crippen LogP contribution in [0, 0.1) is 5.92 Å². The summed E-state index contributed by atoms with van der Waals surface area (Å²) in [6.07, 6.45) is 0. The maximum absolute atomic E-state index is 12.2. The zero-order chi connectivity index (χ0) is 15.2. The maximum atomic E-state index is 12.2. The number of amides is 2. The van der Waals surface area contributed by atoms with E-state index in [0.717, 1.165) is 30.2 Å². The van der Waals surface area contributed by atoms with Gasteiger partial charge in [0.1, 0.15) is 0 Å². The summed E-state index contributed by atoms with van der Waals surface area (Å²) in [6, 6.07) is 6.50. The molecule has 1 atom stereocenters. The van der Waals surface area contributed by atoms with E-state index in [1.807, 2.05) is 16.7 Å². The molecule has 0 saturated carbocycles. The summed E-state index contributed by atoms with van der Waals surface area (Å²) in [4.78, 5) is 24.8. The highest BCUT2D eigenvalue weighted by atomic mass is 32.2. The van der Waals surface area contributed by atoms with Gasteiger partial charge in [-0.25, -0.2) is 9.59 Å². The van der Waals surface area contributed by atoms with E-state index in [0.29, 0.717) is 12.5 Å². The quantitative estimate of drug-likeness (QED) is 0.899. The molecule has 6 heteroatoms. The van der Waals surface area contributed by atoms with Crippen molar-refractivity contribution in [3.05, 3.63) is 35.4 Å². The van der Waals surface area contributed by atoms with E-state index in [4.69, 9.17) is 5.11 Å². The van der Waals surface area contributed by atoms with Crippen LogP contribution >= 0.6 is 11.8 Å². The smallest absolute Gasteiger partial charge is 0.335 e. The summed E-state index contributed by atoms with van der Waals surface area (Å²) < 4.78 is 0. The Morgan fingerprint density at radius 3 is 2.76 bits per heavy atom. The molecule has 2 N–H and O–H groups in total. The molecule has 1 aromatic carbocycles. The monoisotopic (exact) mass is 308 g/mol. The molecular weight excluding hydrogens is 288 g/mol. The third-order valence-corrected chi connectivity index (χ3v) is 4.65. The van der Waals surface area contributed by atoms with Crippen LogP contribution < -0.4 is 5.32 Å². The van der Waals surface area contributed by atoms with Crippen molar-refractivity contribution in [2.24, 2.45) is 5.92 Å². The number of urea groups is 1. The lowest BCUT2D eigenvalue weighted by Crippen LogP contribution is -2.42. The number of thioether (sulfide) groups is 1. The first-order valence-electron chi connectivity index (χ1n) is 6.99. The molecule has 114 valence electrons. The number of hydrogen-bond acceptors (Lipinski definition) is 3. The molecule has 1 unspecified atom stereocenters. The molecule has 0 radical (unpaired) electrons. The predicted molar refractivity (Wildman–Crippen MR) is 83.7 cm³/mol. The first-order chi connectivity index (χ1) is 10.1. The molecular formula is C15H20N2O3S. The number of aromatic carboxylic acids is 1. The van der Waals surface area contributed by atoms with E-state index in [1.165, 1.54) is 0 Å². The number of hydrogen-bond donors (Lipinski definition) is 2. The van der Waals surface area contributed by atoms with Crippen LogP contribution in [0.5, 0.6) is 0 Å². The Balaban J connectivity index is 1.86. The van der Waals surface area contributed by atoms with E-state index >= 15 is 0 Å². The maximum Gasteiger partial charge on any atom is 0.335 e. The summed E-state index contributed by atoms with van der Waals surface area (Å²) >= 11 is 1.89. The van der Waals surface area contributed by atoms with Gasteiger partial charge in [0, 0.05) is 25.4 Å². The average molecular weight is 308 g/mol. The van der Waals surface area contributed by atoms with Crippen molar-refractivity contribution in [1.29, 1.82) is 0 Å². The Morgan fingerprint density at radius 1 is 1.38 bits per heavy atom. The summed E-state index contributed by atoms with van der Waals surface area (Å²) in [7, 11) is 0. The van der Waals surface area contributed by atoms with Crippen molar-refractivity contribution in [1.82, 2.24) is 10.2 Å². The highest BCUT2D eigenvalue weighted by molar-refractivity contribution is 7.99. The number of nitrogens with zero attached hydrogens (tertiary/aromatic N) is 1. The highest BCUT2D eigenvalue weighted by Crippen LogP contribution is 2.15. The Morgan fingerprint density at radius 2 is 2.10 bits per heavy atom. The van der Waals surface area contributed by atoms with Crippen LogP contribution in [0.4, 0.5) is 4.79 Å². The zero-order valence-corrected chi connectivity index (χ0v) is 12.9. The van der Waals surface area contributed by atoms with Gasteiger partial charge in [-0.3, -0.25) is 0 Å². The summed E-state index contributed by atoms with van der Waals surface area (Å²) in [6.45, 7) is 4.13. The zero-order valence-electron chi connectivity index (χ0n) is 12.0. The molecule has 2 amide bonds. The molecule has 0 spiro atoms. The normalized spacial score (nSPS) is 18.9. The third kappa shape index (κ3) is 4.67. The van der Waals surface area contributed by atoms with Crippen molar-refractivity contribution in [2.75, 3.05) is 24.6 Å². The summed E-state index contributed by atoms with van der Waals surface area (Å²) in [5, 5.41) is 11.7. The summed E-state index contributed by atoms with van der Waals surface area (Å²) in [5.41, 5.74) is 1.15. The standard InChI is InChI=1S/C15H20N2O3S/c1-11-9-17(6-7-21-10-11)15(20)16-8-12-2-4-13(5-3-12)14(18)19/h2-5,11H,6-10H2,1H3,(H,16,20)(H,18,19). The number of carbonyl (C=O) groups is 2. The van der Waals surface area contributed by atoms with E-state index in [-0.39, 0.29) is 11.6 Å². The highest BCUT2D eigenvalue weighted by Gasteiger charge is 2.19. The SMILES string of the molecule is CC1CSCCN(C(=O)NCc2ccc(C(=O)O)cc2)C1. The third-order valence-electron chi connectivity index (χ3n) is 3.37. The predicted octanol–water partition coefficient (Wildman–Crippen LogP) is 2.28. The number of nitrogens with one attached hydrogen (secondary N) is 1. The van der Waals surface area contributed by atoms with Crippen LogP contribution in [-0.4, -0.2) is 46.6 Å². The topological polar surface area (TPSA) is 69.6 Å². The minimum absolute atomic E-state index is 0.0494. The molecule has 0 aliphatic carbocycles. The Bertz CT molecular complexity index is 504. The Labute approximate surface area is 128 Å². The molecule has 1 fully saturated rings. The van der Waals surface area contributed by atoms with E-state index in [9.17, 15) is 9.59 Å². The van der Waals surface area contributed by atoms with E-state index in [2.05, 4.69) is 12.2 Å². The van der Waals surface area contributed by atoms with Crippen molar-refractivity contribution in [2.45, 2.75) is 13.5 Å². The van der Waals surface area contributed by atoms with Crippen LogP contribution in [0.3, 0.4) is 0 Å². The number of carboxylic acid groups (broad SMARTS) is 1. The van der Waals surface area contributed by atoms with Gasteiger partial charge in [-0.15, -0.1) is 0 Å². The fourth-order valence-corrected chi connectivity index (χ4v) is 3.24. The van der Waals surface area contributed by atoms with Crippen molar-refractivity contribution in [3.8, 4) is 0 Å². The van der Waals surface area contributed by atoms with Gasteiger partial charge >= 0.3 is 12.0 Å². The second-order valence-electron chi connectivity index (χ2n) is 5.29. The van der Waals surface area contributed by atoms with Gasteiger partial charge in [0.05, 0.1) is 5.56 Å². The van der Waals surface area contributed by atoms with Gasteiger partial charge < -0.3 is 15.3 Å². The molecule has 5 nitrogen and oxygen atoms in total. The van der Waals surface area contributed by atoms with Gasteiger partial charge in [-0.2, -0.15) is 11.8 Å². The van der Waals surface area contributed by atoms with Crippen molar-refractivity contribution >= 4 is 23.8 Å². The lowest BCUT2D eigenvalue weighted by Gasteiger charge is -2.22. The lowest BCUT2D eigenvalue weighted by molar-refractivity contribution is 0.0697. The minimum atomic E-state index is -0.943. The molecule has 0 bridgehead atoms. The molecule has 1 heterocycles. The van der Waals surface area contributed by atoms with Crippen molar-refractivity contribution < 1.29 is 14.7 Å². The van der Waals surface area contributed by atoms with Crippen LogP contribution in [0.15, 0.2) is 24.3 Å². The Hall–Kier alpha value is -1.69. The molecule has 2 rings (SSSR count). The second kappa shape index (κ2) is 7.36. The Kier molecular flexibility index (Phi) is 5.50. The molecule has 1 aliphatic rings. The number of benzene rings is 1. The average Bonchev–Trinajstić information content (AvgIpc) is 2.70. The molecule has 1 aromatic rings. The van der Waals surface area contributed by atoms with Gasteiger partial charge in [-0.05, 0) is 29.4 Å². The molecule has 21 heavy (non-hydrogen) atoms.